The fourth-order valence-corrected chi connectivity index (χ4v) is 0.989. The van der Waals surface area contributed by atoms with Crippen molar-refractivity contribution in [1.82, 2.24) is 0 Å². The van der Waals surface area contributed by atoms with E-state index in [4.69, 9.17) is 0 Å². The quantitative estimate of drug-likeness (QED) is 0.318. The van der Waals surface area contributed by atoms with Crippen LogP contribution in [0.25, 0.3) is 6.08 Å². The minimum absolute atomic E-state index is 0.0471. The molecule has 0 fully saturated rings. The Hall–Kier alpha value is -1.97. The Labute approximate surface area is 81.0 Å². The van der Waals surface area contributed by atoms with Gasteiger partial charge in [0.1, 0.15) is 6.29 Å². The molecule has 0 aliphatic carbocycles. The molecular weight excluding hydrogens is 182 g/mol. The second kappa shape index (κ2) is 4.32. The Balaban J connectivity index is 2.94. The van der Waals surface area contributed by atoms with Gasteiger partial charge in [-0.2, -0.15) is 0 Å². The normalized spacial score (nSPS) is 11.1. The number of benzene rings is 1. The van der Waals surface area contributed by atoms with Crippen LogP contribution in [0.1, 0.15) is 12.5 Å². The second-order valence-electron chi connectivity index (χ2n) is 2.85. The molecule has 0 N–H and O–H groups in total. The zero-order chi connectivity index (χ0) is 10.6. The van der Waals surface area contributed by atoms with E-state index in [9.17, 15) is 14.9 Å². The second-order valence-corrected chi connectivity index (χ2v) is 2.85. The Morgan fingerprint density at radius 2 is 1.93 bits per heavy atom. The summed E-state index contributed by atoms with van der Waals surface area (Å²) < 4.78 is 0. The summed E-state index contributed by atoms with van der Waals surface area (Å²) in [5.41, 5.74) is 1.41. The van der Waals surface area contributed by atoms with Crippen LogP contribution in [-0.4, -0.2) is 11.2 Å². The predicted octanol–water partition coefficient (Wildman–Crippen LogP) is 2.20. The number of hydrogen-bond acceptors (Lipinski definition) is 3. The predicted molar refractivity (Wildman–Crippen MR) is 52.8 cm³/mol. The standard InChI is InChI=1S/C10H9NO3/c1-8(7-12)6-9-2-4-10(5-3-9)11(13)14/h2-7H,1H3/b8-6-. The maximum atomic E-state index is 10.3. The molecule has 0 unspecified atom stereocenters. The van der Waals surface area contributed by atoms with E-state index in [0.29, 0.717) is 5.57 Å². The van der Waals surface area contributed by atoms with Gasteiger partial charge in [-0.1, -0.05) is 0 Å². The van der Waals surface area contributed by atoms with Gasteiger partial charge >= 0.3 is 0 Å². The van der Waals surface area contributed by atoms with Crippen LogP contribution in [0.2, 0.25) is 0 Å². The minimum Gasteiger partial charge on any atom is -0.298 e. The first kappa shape index (κ1) is 10.1. The molecule has 0 aromatic heterocycles. The fourth-order valence-electron chi connectivity index (χ4n) is 0.989. The minimum atomic E-state index is -0.458. The van der Waals surface area contributed by atoms with Crippen LogP contribution in [-0.2, 0) is 4.79 Å². The molecular formula is C10H9NO3. The third-order valence-electron chi connectivity index (χ3n) is 1.68. The van der Waals surface area contributed by atoms with Gasteiger partial charge in [0.25, 0.3) is 5.69 Å². The maximum Gasteiger partial charge on any atom is 0.269 e. The zero-order valence-electron chi connectivity index (χ0n) is 7.64. The molecule has 0 heterocycles. The van der Waals surface area contributed by atoms with Crippen molar-refractivity contribution in [3.63, 3.8) is 0 Å². The summed E-state index contributed by atoms with van der Waals surface area (Å²) in [6.07, 6.45) is 2.40. The highest BCUT2D eigenvalue weighted by molar-refractivity contribution is 5.80. The van der Waals surface area contributed by atoms with Crippen LogP contribution in [0.5, 0.6) is 0 Å². The van der Waals surface area contributed by atoms with E-state index in [2.05, 4.69) is 0 Å². The summed E-state index contributed by atoms with van der Waals surface area (Å²) in [6, 6.07) is 6.02. The molecule has 1 rings (SSSR count). The molecule has 0 spiro atoms. The first-order chi connectivity index (χ1) is 6.63. The highest BCUT2D eigenvalue weighted by Crippen LogP contribution is 2.13. The molecule has 0 aliphatic heterocycles. The van der Waals surface area contributed by atoms with Gasteiger partial charge in [0.2, 0.25) is 0 Å². The van der Waals surface area contributed by atoms with Crippen molar-refractivity contribution in [2.24, 2.45) is 0 Å². The van der Waals surface area contributed by atoms with E-state index in [1.807, 2.05) is 0 Å². The van der Waals surface area contributed by atoms with Crippen LogP contribution in [0, 0.1) is 10.1 Å². The van der Waals surface area contributed by atoms with Crippen molar-refractivity contribution in [2.75, 3.05) is 0 Å². The van der Waals surface area contributed by atoms with Gasteiger partial charge < -0.3 is 0 Å². The van der Waals surface area contributed by atoms with E-state index in [0.717, 1.165) is 11.8 Å². The van der Waals surface area contributed by atoms with Crippen molar-refractivity contribution in [2.45, 2.75) is 6.92 Å². The SMILES string of the molecule is C/C(C=O)=C/c1ccc([N+](=O)[O-])cc1. The largest absolute Gasteiger partial charge is 0.298 e. The van der Waals surface area contributed by atoms with Gasteiger partial charge in [-0.05, 0) is 36.3 Å². The molecule has 72 valence electrons. The van der Waals surface area contributed by atoms with E-state index >= 15 is 0 Å². The molecule has 0 atom stereocenters. The number of carbonyl (C=O) groups excluding carboxylic acids is 1. The molecule has 4 nitrogen and oxygen atoms in total. The van der Waals surface area contributed by atoms with E-state index < -0.39 is 4.92 Å². The van der Waals surface area contributed by atoms with Crippen LogP contribution in [0.3, 0.4) is 0 Å². The van der Waals surface area contributed by atoms with Gasteiger partial charge in [0, 0.05) is 12.1 Å². The summed E-state index contributed by atoms with van der Waals surface area (Å²) in [7, 11) is 0. The highest BCUT2D eigenvalue weighted by atomic mass is 16.6. The fraction of sp³-hybridized carbons (Fsp3) is 0.100. The molecule has 0 saturated carbocycles. The summed E-state index contributed by atoms with van der Waals surface area (Å²) in [6.45, 7) is 1.68. The molecule has 1 aromatic carbocycles. The Morgan fingerprint density at radius 3 is 2.36 bits per heavy atom. The molecule has 4 heteroatoms. The lowest BCUT2D eigenvalue weighted by molar-refractivity contribution is -0.384. The van der Waals surface area contributed by atoms with Gasteiger partial charge in [-0.25, -0.2) is 0 Å². The van der Waals surface area contributed by atoms with Crippen molar-refractivity contribution in [3.8, 4) is 0 Å². The van der Waals surface area contributed by atoms with Crippen molar-refractivity contribution in [3.05, 3.63) is 45.5 Å². The molecule has 0 aliphatic rings. The number of nitrogens with zero attached hydrogens (tertiary/aromatic N) is 1. The van der Waals surface area contributed by atoms with Gasteiger partial charge in [0.05, 0.1) is 4.92 Å². The number of rotatable bonds is 3. The zero-order valence-corrected chi connectivity index (χ0v) is 7.64. The molecule has 0 amide bonds. The third kappa shape index (κ3) is 2.52. The lowest BCUT2D eigenvalue weighted by Gasteiger charge is -1.94. The van der Waals surface area contributed by atoms with Crippen LogP contribution < -0.4 is 0 Å². The number of nitro benzene ring substituents is 1. The number of nitro groups is 1. The maximum absolute atomic E-state index is 10.3. The summed E-state index contributed by atoms with van der Waals surface area (Å²) in [5.74, 6) is 0. The first-order valence-electron chi connectivity index (χ1n) is 4.01. The summed E-state index contributed by atoms with van der Waals surface area (Å²) >= 11 is 0. The van der Waals surface area contributed by atoms with Crippen LogP contribution in [0.4, 0.5) is 5.69 Å². The Kier molecular flexibility index (Phi) is 3.12. The molecule has 0 radical (unpaired) electrons. The molecule has 14 heavy (non-hydrogen) atoms. The van der Waals surface area contributed by atoms with E-state index in [1.54, 1.807) is 25.1 Å². The van der Waals surface area contributed by atoms with Crippen molar-refractivity contribution < 1.29 is 9.72 Å². The Bertz CT molecular complexity index is 379. The van der Waals surface area contributed by atoms with Crippen molar-refractivity contribution >= 4 is 18.0 Å². The van der Waals surface area contributed by atoms with Gasteiger partial charge in [0.15, 0.2) is 0 Å². The summed E-state index contributed by atoms with van der Waals surface area (Å²) in [4.78, 5) is 20.2. The number of aldehydes is 1. The number of allylic oxidation sites excluding steroid dienone is 1. The van der Waals surface area contributed by atoms with Crippen molar-refractivity contribution in [1.29, 1.82) is 0 Å². The molecule has 0 bridgehead atoms. The smallest absolute Gasteiger partial charge is 0.269 e. The monoisotopic (exact) mass is 191 g/mol. The molecule has 0 saturated heterocycles. The van der Waals surface area contributed by atoms with E-state index in [1.165, 1.54) is 12.1 Å². The number of hydrogen-bond donors (Lipinski definition) is 0. The van der Waals surface area contributed by atoms with Gasteiger partial charge in [-0.3, -0.25) is 14.9 Å². The average molecular weight is 191 g/mol. The van der Waals surface area contributed by atoms with Crippen LogP contribution in [0.15, 0.2) is 29.8 Å². The number of non-ortho nitro benzene ring substituents is 1. The van der Waals surface area contributed by atoms with Crippen LogP contribution >= 0.6 is 0 Å². The highest BCUT2D eigenvalue weighted by Gasteiger charge is 2.02. The Morgan fingerprint density at radius 1 is 1.36 bits per heavy atom. The summed E-state index contributed by atoms with van der Waals surface area (Å²) in [5, 5.41) is 10.3. The average Bonchev–Trinajstić information content (AvgIpc) is 2.18. The lowest BCUT2D eigenvalue weighted by atomic mass is 10.1. The van der Waals surface area contributed by atoms with Gasteiger partial charge in [-0.15, -0.1) is 0 Å². The topological polar surface area (TPSA) is 60.2 Å². The first-order valence-corrected chi connectivity index (χ1v) is 4.01. The third-order valence-corrected chi connectivity index (χ3v) is 1.68. The molecule has 1 aromatic rings. The lowest BCUT2D eigenvalue weighted by Crippen LogP contribution is -1.87. The number of carbonyl (C=O) groups is 1. The van der Waals surface area contributed by atoms with E-state index in [-0.39, 0.29) is 5.69 Å².